The Labute approximate surface area is 148 Å². The predicted octanol–water partition coefficient (Wildman–Crippen LogP) is 2.36. The highest BCUT2D eigenvalue weighted by atomic mass is 32.2. The SMILES string of the molecule is CNC(=O)NC(=O)C(C)Sc1nnc(-c2ccccc2F)n1C1CC1. The summed E-state index contributed by atoms with van der Waals surface area (Å²) in [4.78, 5) is 23.3. The third kappa shape index (κ3) is 3.81. The number of imide groups is 1. The Kier molecular flexibility index (Phi) is 5.03. The standard InChI is InChI=1S/C16H18FN5O2S/c1-9(14(23)19-15(24)18-2)25-16-21-20-13(22(16)10-7-8-10)11-5-3-4-6-12(11)17/h3-6,9-10H,7-8H2,1-2H3,(H2,18,19,23,24). The van der Waals surface area contributed by atoms with Crippen molar-refractivity contribution in [1.29, 1.82) is 0 Å². The average molecular weight is 363 g/mol. The summed E-state index contributed by atoms with van der Waals surface area (Å²) in [5.41, 5.74) is 0.385. The molecule has 9 heteroatoms. The fourth-order valence-corrected chi connectivity index (χ4v) is 3.25. The quantitative estimate of drug-likeness (QED) is 0.796. The Bertz CT molecular complexity index is 806. The lowest BCUT2D eigenvalue weighted by molar-refractivity contribution is -0.119. The Morgan fingerprint density at radius 1 is 1.32 bits per heavy atom. The number of hydrogen-bond donors (Lipinski definition) is 2. The molecule has 132 valence electrons. The van der Waals surface area contributed by atoms with Gasteiger partial charge < -0.3 is 5.32 Å². The van der Waals surface area contributed by atoms with Gasteiger partial charge in [-0.2, -0.15) is 0 Å². The van der Waals surface area contributed by atoms with E-state index in [0.717, 1.165) is 12.8 Å². The van der Waals surface area contributed by atoms with Gasteiger partial charge in [-0.15, -0.1) is 10.2 Å². The Morgan fingerprint density at radius 2 is 2.04 bits per heavy atom. The van der Waals surface area contributed by atoms with E-state index >= 15 is 0 Å². The first-order valence-corrected chi connectivity index (χ1v) is 8.78. The predicted molar refractivity (Wildman–Crippen MR) is 91.6 cm³/mol. The number of halogens is 1. The number of carbonyl (C=O) groups is 2. The van der Waals surface area contributed by atoms with Crippen LogP contribution in [0, 0.1) is 5.82 Å². The van der Waals surface area contributed by atoms with E-state index in [9.17, 15) is 14.0 Å². The molecule has 1 saturated carbocycles. The van der Waals surface area contributed by atoms with Gasteiger partial charge >= 0.3 is 6.03 Å². The topological polar surface area (TPSA) is 88.9 Å². The van der Waals surface area contributed by atoms with Crippen LogP contribution in [-0.2, 0) is 4.79 Å². The van der Waals surface area contributed by atoms with Crippen LogP contribution in [-0.4, -0.2) is 39.0 Å². The summed E-state index contributed by atoms with van der Waals surface area (Å²) in [6.07, 6.45) is 1.93. The first-order chi connectivity index (χ1) is 12.0. The highest BCUT2D eigenvalue weighted by Gasteiger charge is 2.32. The van der Waals surface area contributed by atoms with Crippen LogP contribution in [0.25, 0.3) is 11.4 Å². The first kappa shape index (κ1) is 17.4. The number of urea groups is 1. The van der Waals surface area contributed by atoms with E-state index < -0.39 is 17.2 Å². The van der Waals surface area contributed by atoms with Gasteiger partial charge in [0.25, 0.3) is 0 Å². The second kappa shape index (κ2) is 7.22. The minimum atomic E-state index is -0.562. The summed E-state index contributed by atoms with van der Waals surface area (Å²) in [6.45, 7) is 1.68. The van der Waals surface area contributed by atoms with Crippen LogP contribution in [0.2, 0.25) is 0 Å². The van der Waals surface area contributed by atoms with Crippen molar-refractivity contribution in [2.45, 2.75) is 36.2 Å². The molecule has 0 spiro atoms. The third-order valence-corrected chi connectivity index (χ3v) is 4.86. The van der Waals surface area contributed by atoms with E-state index in [2.05, 4.69) is 20.8 Å². The van der Waals surface area contributed by atoms with E-state index in [1.807, 2.05) is 4.57 Å². The Hall–Kier alpha value is -2.42. The number of nitrogens with zero attached hydrogens (tertiary/aromatic N) is 3. The van der Waals surface area contributed by atoms with Crippen LogP contribution in [0.5, 0.6) is 0 Å². The van der Waals surface area contributed by atoms with Gasteiger partial charge in [-0.3, -0.25) is 14.7 Å². The number of nitrogens with one attached hydrogen (secondary N) is 2. The molecule has 0 radical (unpaired) electrons. The van der Waals surface area contributed by atoms with Crippen LogP contribution in [0.4, 0.5) is 9.18 Å². The minimum absolute atomic E-state index is 0.210. The number of carbonyl (C=O) groups excluding carboxylic acids is 2. The average Bonchev–Trinajstić information content (AvgIpc) is 3.36. The van der Waals surface area contributed by atoms with Gasteiger partial charge in [0.1, 0.15) is 5.82 Å². The van der Waals surface area contributed by atoms with Crippen molar-refractivity contribution < 1.29 is 14.0 Å². The number of hydrogen-bond acceptors (Lipinski definition) is 5. The molecule has 3 rings (SSSR count). The van der Waals surface area contributed by atoms with Gasteiger partial charge in [0.2, 0.25) is 5.91 Å². The Balaban J connectivity index is 1.85. The van der Waals surface area contributed by atoms with Crippen LogP contribution in [0.15, 0.2) is 29.4 Å². The lowest BCUT2D eigenvalue weighted by atomic mass is 10.2. The molecule has 1 aromatic carbocycles. The number of amides is 3. The normalized spacial score (nSPS) is 14.8. The molecule has 2 N–H and O–H groups in total. The summed E-state index contributed by atoms with van der Waals surface area (Å²) in [7, 11) is 1.44. The molecule has 1 aliphatic rings. The van der Waals surface area contributed by atoms with Crippen molar-refractivity contribution in [3.63, 3.8) is 0 Å². The third-order valence-electron chi connectivity index (χ3n) is 3.81. The highest BCUT2D eigenvalue weighted by molar-refractivity contribution is 8.00. The van der Waals surface area contributed by atoms with E-state index in [0.29, 0.717) is 16.5 Å². The first-order valence-electron chi connectivity index (χ1n) is 7.90. The number of thioether (sulfide) groups is 1. The maximum Gasteiger partial charge on any atom is 0.321 e. The maximum atomic E-state index is 14.1. The summed E-state index contributed by atoms with van der Waals surface area (Å²) < 4.78 is 16.0. The van der Waals surface area contributed by atoms with Crippen molar-refractivity contribution in [2.24, 2.45) is 0 Å². The lowest BCUT2D eigenvalue weighted by Gasteiger charge is -2.13. The molecule has 25 heavy (non-hydrogen) atoms. The van der Waals surface area contributed by atoms with Crippen molar-refractivity contribution >= 4 is 23.7 Å². The molecular formula is C16H18FN5O2S. The molecule has 1 heterocycles. The van der Waals surface area contributed by atoms with E-state index in [1.165, 1.54) is 24.9 Å². The van der Waals surface area contributed by atoms with Gasteiger partial charge in [-0.25, -0.2) is 9.18 Å². The van der Waals surface area contributed by atoms with Crippen LogP contribution >= 0.6 is 11.8 Å². The molecule has 1 atom stereocenters. The van der Waals surface area contributed by atoms with Gasteiger partial charge in [-0.1, -0.05) is 23.9 Å². The molecule has 2 aromatic rings. The minimum Gasteiger partial charge on any atom is -0.341 e. The fraction of sp³-hybridized carbons (Fsp3) is 0.375. The molecule has 3 amide bonds. The molecule has 0 saturated heterocycles. The highest BCUT2D eigenvalue weighted by Crippen LogP contribution is 2.42. The fourth-order valence-electron chi connectivity index (χ4n) is 2.33. The number of benzene rings is 1. The summed E-state index contributed by atoms with van der Waals surface area (Å²) in [6, 6.07) is 6.06. The summed E-state index contributed by atoms with van der Waals surface area (Å²) in [5.74, 6) is -0.331. The monoisotopic (exact) mass is 363 g/mol. The van der Waals surface area contributed by atoms with E-state index in [1.54, 1.807) is 25.1 Å². The zero-order valence-electron chi connectivity index (χ0n) is 13.8. The summed E-state index contributed by atoms with van der Waals surface area (Å²) in [5, 5.41) is 12.8. The molecule has 1 unspecified atom stereocenters. The molecule has 0 bridgehead atoms. The largest absolute Gasteiger partial charge is 0.341 e. The molecule has 1 fully saturated rings. The van der Waals surface area contributed by atoms with Gasteiger partial charge in [0.05, 0.1) is 10.8 Å². The molecule has 1 aliphatic carbocycles. The van der Waals surface area contributed by atoms with Crippen molar-refractivity contribution in [1.82, 2.24) is 25.4 Å². The second-order valence-electron chi connectivity index (χ2n) is 5.72. The van der Waals surface area contributed by atoms with Crippen LogP contribution < -0.4 is 10.6 Å². The van der Waals surface area contributed by atoms with Crippen molar-refractivity contribution in [3.8, 4) is 11.4 Å². The van der Waals surface area contributed by atoms with E-state index in [-0.39, 0.29) is 11.9 Å². The van der Waals surface area contributed by atoms with Crippen LogP contribution in [0.1, 0.15) is 25.8 Å². The Morgan fingerprint density at radius 3 is 2.68 bits per heavy atom. The second-order valence-corrected chi connectivity index (χ2v) is 7.02. The molecular weight excluding hydrogens is 345 g/mol. The number of rotatable bonds is 5. The van der Waals surface area contributed by atoms with Gasteiger partial charge in [-0.05, 0) is 31.9 Å². The molecule has 0 aliphatic heterocycles. The molecule has 1 aromatic heterocycles. The van der Waals surface area contributed by atoms with E-state index in [4.69, 9.17) is 0 Å². The zero-order valence-corrected chi connectivity index (χ0v) is 14.6. The van der Waals surface area contributed by atoms with Gasteiger partial charge in [0, 0.05) is 13.1 Å². The van der Waals surface area contributed by atoms with Crippen molar-refractivity contribution in [2.75, 3.05) is 7.05 Å². The zero-order chi connectivity index (χ0) is 18.0. The maximum absolute atomic E-state index is 14.1. The smallest absolute Gasteiger partial charge is 0.321 e. The summed E-state index contributed by atoms with van der Waals surface area (Å²) >= 11 is 1.20. The van der Waals surface area contributed by atoms with Crippen molar-refractivity contribution in [3.05, 3.63) is 30.1 Å². The lowest BCUT2D eigenvalue weighted by Crippen LogP contribution is -2.41. The van der Waals surface area contributed by atoms with Crippen LogP contribution in [0.3, 0.4) is 0 Å². The van der Waals surface area contributed by atoms with Gasteiger partial charge in [0.15, 0.2) is 11.0 Å². The number of aromatic nitrogens is 3. The molecule has 7 nitrogen and oxygen atoms in total.